The van der Waals surface area contributed by atoms with E-state index in [2.05, 4.69) is 22.2 Å². The molecule has 0 spiro atoms. The topological polar surface area (TPSA) is 58.1 Å². The number of carbonyl (C=O) groups is 1. The molecular formula is C16H20N4OS. The number of hydrogen-bond donors (Lipinski definition) is 1. The average Bonchev–Trinajstić information content (AvgIpc) is 2.89. The summed E-state index contributed by atoms with van der Waals surface area (Å²) in [5, 5.41) is 3.61. The van der Waals surface area contributed by atoms with E-state index in [1.54, 1.807) is 29.5 Å². The zero-order chi connectivity index (χ0) is 15.5. The van der Waals surface area contributed by atoms with E-state index in [0.717, 1.165) is 24.2 Å². The summed E-state index contributed by atoms with van der Waals surface area (Å²) in [5.41, 5.74) is 2.03. The highest BCUT2D eigenvalue weighted by Crippen LogP contribution is 2.32. The summed E-state index contributed by atoms with van der Waals surface area (Å²) in [5.74, 6) is 0.711. The van der Waals surface area contributed by atoms with Crippen LogP contribution in [0.25, 0.3) is 0 Å². The second kappa shape index (κ2) is 6.44. The van der Waals surface area contributed by atoms with Crippen molar-refractivity contribution in [3.05, 3.63) is 40.7 Å². The summed E-state index contributed by atoms with van der Waals surface area (Å²) in [6.07, 6.45) is 5.01. The maximum atomic E-state index is 12.2. The van der Waals surface area contributed by atoms with Gasteiger partial charge in [0.1, 0.15) is 0 Å². The number of fused-ring (bicyclic) bond motifs is 1. The molecule has 2 aromatic heterocycles. The summed E-state index contributed by atoms with van der Waals surface area (Å²) >= 11 is 1.61. The maximum Gasteiger partial charge on any atom is 0.323 e. The quantitative estimate of drug-likeness (QED) is 0.945. The van der Waals surface area contributed by atoms with Crippen molar-refractivity contribution < 1.29 is 4.79 Å². The molecule has 0 saturated carbocycles. The van der Waals surface area contributed by atoms with Gasteiger partial charge in [0, 0.05) is 18.1 Å². The summed E-state index contributed by atoms with van der Waals surface area (Å²) in [4.78, 5) is 24.0. The van der Waals surface area contributed by atoms with Crippen LogP contribution in [0.5, 0.6) is 0 Å². The van der Waals surface area contributed by atoms with Gasteiger partial charge in [-0.2, -0.15) is 0 Å². The van der Waals surface area contributed by atoms with Gasteiger partial charge in [0.2, 0.25) is 0 Å². The smallest absolute Gasteiger partial charge is 0.322 e. The molecule has 0 aromatic carbocycles. The van der Waals surface area contributed by atoms with Crippen LogP contribution in [0.3, 0.4) is 0 Å². The number of carbonyl (C=O) groups excluding carboxylic acids is 1. The van der Waals surface area contributed by atoms with Crippen molar-refractivity contribution in [1.82, 2.24) is 14.9 Å². The number of pyridine rings is 1. The monoisotopic (exact) mass is 316 g/mol. The maximum absolute atomic E-state index is 12.2. The molecule has 2 aromatic rings. The Morgan fingerprint density at radius 1 is 1.50 bits per heavy atom. The van der Waals surface area contributed by atoms with Crippen LogP contribution in [-0.2, 0) is 19.4 Å². The molecule has 0 bridgehead atoms. The lowest BCUT2D eigenvalue weighted by atomic mass is 9.93. The van der Waals surface area contributed by atoms with Crippen LogP contribution in [0.2, 0.25) is 0 Å². The van der Waals surface area contributed by atoms with Crippen molar-refractivity contribution in [3.8, 4) is 0 Å². The summed E-state index contributed by atoms with van der Waals surface area (Å²) in [6, 6.07) is 5.55. The van der Waals surface area contributed by atoms with E-state index >= 15 is 0 Å². The van der Waals surface area contributed by atoms with E-state index in [0.29, 0.717) is 17.6 Å². The van der Waals surface area contributed by atoms with Gasteiger partial charge in [-0.25, -0.2) is 9.78 Å². The second-order valence-corrected chi connectivity index (χ2v) is 6.93. The normalized spacial score (nSPS) is 16.9. The molecule has 0 saturated heterocycles. The van der Waals surface area contributed by atoms with E-state index in [4.69, 9.17) is 0 Å². The third kappa shape index (κ3) is 3.44. The third-order valence-corrected chi connectivity index (χ3v) is 4.91. The zero-order valence-corrected chi connectivity index (χ0v) is 13.7. The van der Waals surface area contributed by atoms with Crippen LogP contribution < -0.4 is 5.32 Å². The van der Waals surface area contributed by atoms with Gasteiger partial charge in [0.25, 0.3) is 0 Å². The standard InChI is InChI=1S/C16H20N4OS/c1-11-6-7-13-14(9-11)22-15(18-13)19-16(21)20(2)10-12-5-3-4-8-17-12/h3-5,8,11H,6-7,9-10H2,1-2H3,(H,18,19,21)/t11-/m0/s1. The van der Waals surface area contributed by atoms with Crippen LogP contribution >= 0.6 is 11.3 Å². The summed E-state index contributed by atoms with van der Waals surface area (Å²) in [6.45, 7) is 2.75. The molecule has 1 aliphatic rings. The van der Waals surface area contributed by atoms with Gasteiger partial charge in [-0.1, -0.05) is 13.0 Å². The van der Waals surface area contributed by atoms with Gasteiger partial charge >= 0.3 is 6.03 Å². The predicted octanol–water partition coefficient (Wildman–Crippen LogP) is 3.33. The fourth-order valence-corrected chi connectivity index (χ4v) is 3.75. The molecule has 0 fully saturated rings. The number of thiazole rings is 1. The number of amides is 2. The highest BCUT2D eigenvalue weighted by Gasteiger charge is 2.21. The number of nitrogens with zero attached hydrogens (tertiary/aromatic N) is 3. The predicted molar refractivity (Wildman–Crippen MR) is 88.0 cm³/mol. The molecule has 0 aliphatic heterocycles. The SMILES string of the molecule is C[C@H]1CCc2nc(NC(=O)N(C)Cc3ccccn3)sc2C1. The van der Waals surface area contributed by atoms with Crippen molar-refractivity contribution in [1.29, 1.82) is 0 Å². The molecule has 1 N–H and O–H groups in total. The van der Waals surface area contributed by atoms with Gasteiger partial charge in [-0.3, -0.25) is 10.3 Å². The van der Waals surface area contributed by atoms with Crippen molar-refractivity contribution in [2.75, 3.05) is 12.4 Å². The Morgan fingerprint density at radius 3 is 3.14 bits per heavy atom. The lowest BCUT2D eigenvalue weighted by Crippen LogP contribution is -2.31. The van der Waals surface area contributed by atoms with Gasteiger partial charge in [0.15, 0.2) is 5.13 Å². The minimum Gasteiger partial charge on any atom is -0.322 e. The number of aryl methyl sites for hydroxylation is 1. The molecule has 1 aliphatic carbocycles. The lowest BCUT2D eigenvalue weighted by molar-refractivity contribution is 0.220. The molecule has 2 heterocycles. The summed E-state index contributed by atoms with van der Waals surface area (Å²) < 4.78 is 0. The molecule has 0 radical (unpaired) electrons. The minimum absolute atomic E-state index is 0.148. The number of hydrogen-bond acceptors (Lipinski definition) is 4. The molecule has 0 unspecified atom stereocenters. The molecule has 3 rings (SSSR count). The van der Waals surface area contributed by atoms with Crippen LogP contribution in [0, 0.1) is 5.92 Å². The third-order valence-electron chi connectivity index (χ3n) is 3.87. The van der Waals surface area contributed by atoms with Crippen LogP contribution in [0.4, 0.5) is 9.93 Å². The first-order valence-electron chi connectivity index (χ1n) is 7.52. The van der Waals surface area contributed by atoms with E-state index in [9.17, 15) is 4.79 Å². The molecule has 22 heavy (non-hydrogen) atoms. The molecule has 5 nitrogen and oxygen atoms in total. The average molecular weight is 316 g/mol. The van der Waals surface area contributed by atoms with Gasteiger partial charge in [-0.05, 0) is 37.3 Å². The summed E-state index contributed by atoms with van der Waals surface area (Å²) in [7, 11) is 1.76. The molecule has 116 valence electrons. The lowest BCUT2D eigenvalue weighted by Gasteiger charge is -2.16. The van der Waals surface area contributed by atoms with Gasteiger partial charge < -0.3 is 4.90 Å². The van der Waals surface area contributed by atoms with E-state index in [-0.39, 0.29) is 6.03 Å². The Morgan fingerprint density at radius 2 is 2.36 bits per heavy atom. The molecule has 2 amide bonds. The Labute approximate surface area is 134 Å². The number of rotatable bonds is 3. The van der Waals surface area contributed by atoms with E-state index in [1.165, 1.54) is 11.3 Å². The van der Waals surface area contributed by atoms with E-state index < -0.39 is 0 Å². The van der Waals surface area contributed by atoms with Crippen LogP contribution in [0.1, 0.15) is 29.6 Å². The van der Waals surface area contributed by atoms with Crippen molar-refractivity contribution >= 4 is 22.5 Å². The fourth-order valence-electron chi connectivity index (χ4n) is 2.59. The number of nitrogens with one attached hydrogen (secondary N) is 1. The molecular weight excluding hydrogens is 296 g/mol. The molecule has 1 atom stereocenters. The first-order valence-corrected chi connectivity index (χ1v) is 8.34. The Kier molecular flexibility index (Phi) is 4.38. The van der Waals surface area contributed by atoms with Crippen LogP contribution in [-0.4, -0.2) is 27.9 Å². The Hall–Kier alpha value is -1.95. The van der Waals surface area contributed by atoms with Crippen molar-refractivity contribution in [2.24, 2.45) is 5.92 Å². The number of urea groups is 1. The highest BCUT2D eigenvalue weighted by molar-refractivity contribution is 7.15. The van der Waals surface area contributed by atoms with Gasteiger partial charge in [0.05, 0.1) is 17.9 Å². The highest BCUT2D eigenvalue weighted by atomic mass is 32.1. The largest absolute Gasteiger partial charge is 0.323 e. The second-order valence-electron chi connectivity index (χ2n) is 5.84. The molecule has 6 heteroatoms. The van der Waals surface area contributed by atoms with Crippen molar-refractivity contribution in [3.63, 3.8) is 0 Å². The first-order chi connectivity index (χ1) is 10.6. The zero-order valence-electron chi connectivity index (χ0n) is 12.9. The van der Waals surface area contributed by atoms with E-state index in [1.807, 2.05) is 18.2 Å². The number of anilines is 1. The first kappa shape index (κ1) is 15.0. The Bertz CT molecular complexity index is 655. The fraction of sp³-hybridized carbons (Fsp3) is 0.438. The van der Waals surface area contributed by atoms with Gasteiger partial charge in [-0.15, -0.1) is 11.3 Å². The minimum atomic E-state index is -0.148. The number of aromatic nitrogens is 2. The van der Waals surface area contributed by atoms with Crippen LogP contribution in [0.15, 0.2) is 24.4 Å². The Balaban J connectivity index is 1.62. The van der Waals surface area contributed by atoms with Crippen molar-refractivity contribution in [2.45, 2.75) is 32.7 Å².